The van der Waals surface area contributed by atoms with E-state index in [1.807, 2.05) is 6.07 Å². The number of pyridine rings is 1. The highest BCUT2D eigenvalue weighted by Crippen LogP contribution is 2.30. The van der Waals surface area contributed by atoms with Crippen molar-refractivity contribution in [1.29, 1.82) is 0 Å². The first kappa shape index (κ1) is 25.1. The van der Waals surface area contributed by atoms with Gasteiger partial charge in [-0.1, -0.05) is 23.7 Å². The van der Waals surface area contributed by atoms with Gasteiger partial charge in [0.25, 0.3) is 5.56 Å². The Morgan fingerprint density at radius 2 is 2.08 bits per heavy atom. The van der Waals surface area contributed by atoms with Crippen LogP contribution in [0.2, 0.25) is 5.02 Å². The van der Waals surface area contributed by atoms with Crippen molar-refractivity contribution in [3.63, 3.8) is 0 Å². The lowest BCUT2D eigenvalue weighted by Gasteiger charge is -2.26. The predicted molar refractivity (Wildman–Crippen MR) is 148 cm³/mol. The molecule has 1 aliphatic rings. The topological polar surface area (TPSA) is 110 Å². The van der Waals surface area contributed by atoms with Gasteiger partial charge in [-0.05, 0) is 48.9 Å². The summed E-state index contributed by atoms with van der Waals surface area (Å²) in [5.74, 6) is 1.01. The quantitative estimate of drug-likeness (QED) is 0.370. The minimum Gasteiger partial charge on any atom is -0.324 e. The zero-order valence-electron chi connectivity index (χ0n) is 20.8. The molecule has 0 saturated heterocycles. The molecule has 37 heavy (non-hydrogen) atoms. The van der Waals surface area contributed by atoms with E-state index in [1.165, 1.54) is 23.4 Å². The second-order valence-electron chi connectivity index (χ2n) is 9.25. The molecule has 1 aliphatic heterocycles. The summed E-state index contributed by atoms with van der Waals surface area (Å²) in [6, 6.07) is 9.07. The van der Waals surface area contributed by atoms with Crippen LogP contribution >= 0.6 is 11.6 Å². The van der Waals surface area contributed by atoms with Crippen LogP contribution < -0.4 is 10.9 Å². The third-order valence-electron chi connectivity index (χ3n) is 5.96. The van der Waals surface area contributed by atoms with Gasteiger partial charge in [0, 0.05) is 52.2 Å². The third-order valence-corrected chi connectivity index (χ3v) is 6.92. The van der Waals surface area contributed by atoms with Crippen molar-refractivity contribution in [2.45, 2.75) is 19.5 Å². The molecule has 0 unspecified atom stereocenters. The van der Waals surface area contributed by atoms with Crippen molar-refractivity contribution < 1.29 is 4.21 Å². The van der Waals surface area contributed by atoms with Crippen LogP contribution in [0.3, 0.4) is 0 Å². The maximum atomic E-state index is 13.2. The van der Waals surface area contributed by atoms with Crippen LogP contribution in [0, 0.1) is 0 Å². The number of nitrogens with zero attached hydrogens (tertiary/aromatic N) is 7. The van der Waals surface area contributed by atoms with Crippen LogP contribution in [-0.4, -0.2) is 59.5 Å². The van der Waals surface area contributed by atoms with Gasteiger partial charge in [0.1, 0.15) is 5.39 Å². The predicted octanol–water partition coefficient (Wildman–Crippen LogP) is 3.91. The lowest BCUT2D eigenvalue weighted by atomic mass is 9.99. The average molecular weight is 539 g/mol. The van der Waals surface area contributed by atoms with E-state index in [0.717, 1.165) is 36.3 Å². The Bertz CT molecular complexity index is 1710. The number of likely N-dealkylation sites (N-methyl/N-ethyl adjacent to an activating group) is 1. The van der Waals surface area contributed by atoms with E-state index in [4.69, 9.17) is 11.6 Å². The van der Waals surface area contributed by atoms with Gasteiger partial charge in [0.05, 0.1) is 6.54 Å². The molecule has 10 nitrogen and oxygen atoms in total. The van der Waals surface area contributed by atoms with Crippen LogP contribution in [0.25, 0.3) is 16.9 Å². The Kier molecular flexibility index (Phi) is 6.61. The molecule has 1 aromatic carbocycles. The summed E-state index contributed by atoms with van der Waals surface area (Å²) < 4.78 is 19.5. The van der Waals surface area contributed by atoms with Gasteiger partial charge in [-0.2, -0.15) is 9.35 Å². The van der Waals surface area contributed by atoms with Crippen molar-refractivity contribution in [3.8, 4) is 5.82 Å². The summed E-state index contributed by atoms with van der Waals surface area (Å²) in [5, 5.41) is 4.27. The molecular formula is C25H27ClN8O2S. The highest BCUT2D eigenvalue weighted by atomic mass is 35.5. The van der Waals surface area contributed by atoms with Crippen molar-refractivity contribution >= 4 is 49.8 Å². The molecule has 1 N–H and O–H groups in total. The molecule has 0 amide bonds. The summed E-state index contributed by atoms with van der Waals surface area (Å²) in [4.78, 5) is 29.1. The molecule has 0 aliphatic carbocycles. The summed E-state index contributed by atoms with van der Waals surface area (Å²) in [6.07, 6.45) is 7.09. The van der Waals surface area contributed by atoms with Crippen LogP contribution in [-0.2, 0) is 29.2 Å². The molecule has 0 atom stereocenters. The summed E-state index contributed by atoms with van der Waals surface area (Å²) >= 11 is 6.59. The summed E-state index contributed by atoms with van der Waals surface area (Å²) in [7, 11) is -0.340. The number of rotatable bonds is 6. The van der Waals surface area contributed by atoms with Crippen LogP contribution in [0.1, 0.15) is 11.1 Å². The van der Waals surface area contributed by atoms with Crippen molar-refractivity contribution in [3.05, 3.63) is 75.7 Å². The van der Waals surface area contributed by atoms with Crippen LogP contribution in [0.4, 0.5) is 17.5 Å². The molecule has 5 rings (SSSR count). The Labute approximate surface area is 219 Å². The number of allylic oxidation sites excluding steroid dienone is 1. The number of benzene rings is 1. The van der Waals surface area contributed by atoms with E-state index in [-0.39, 0.29) is 12.1 Å². The maximum Gasteiger partial charge on any atom is 0.278 e. The Balaban J connectivity index is 1.62. The van der Waals surface area contributed by atoms with E-state index >= 15 is 0 Å². The van der Waals surface area contributed by atoms with Crippen molar-refractivity contribution in [2.75, 3.05) is 31.4 Å². The number of nitrogens with one attached hydrogen (secondary N) is 1. The fourth-order valence-electron chi connectivity index (χ4n) is 4.40. The smallest absolute Gasteiger partial charge is 0.278 e. The molecule has 4 aromatic rings. The zero-order valence-corrected chi connectivity index (χ0v) is 22.4. The maximum absolute atomic E-state index is 13.2. The first-order valence-corrected chi connectivity index (χ1v) is 14.3. The molecule has 192 valence electrons. The monoisotopic (exact) mass is 538 g/mol. The first-order chi connectivity index (χ1) is 17.6. The minimum absolute atomic E-state index is 0.229. The molecule has 0 fully saturated rings. The van der Waals surface area contributed by atoms with E-state index in [9.17, 15) is 9.00 Å². The lowest BCUT2D eigenvalue weighted by molar-refractivity contribution is 0.313. The van der Waals surface area contributed by atoms with Gasteiger partial charge in [-0.15, -0.1) is 6.58 Å². The third kappa shape index (κ3) is 5.15. The highest BCUT2D eigenvalue weighted by molar-refractivity contribution is 7.92. The Morgan fingerprint density at radius 1 is 1.27 bits per heavy atom. The summed E-state index contributed by atoms with van der Waals surface area (Å²) in [5.41, 5.74) is 3.17. The molecule has 3 aromatic heterocycles. The first-order valence-electron chi connectivity index (χ1n) is 11.6. The number of halogens is 1. The van der Waals surface area contributed by atoms with E-state index < -0.39 is 9.73 Å². The molecule has 0 radical (unpaired) electrons. The van der Waals surface area contributed by atoms with Gasteiger partial charge >= 0.3 is 0 Å². The number of hydrogen-bond donors (Lipinski definition) is 1. The molecule has 0 bridgehead atoms. The minimum atomic E-state index is -2.42. The average Bonchev–Trinajstić information content (AvgIpc) is 3.09. The van der Waals surface area contributed by atoms with E-state index in [1.54, 1.807) is 29.0 Å². The Morgan fingerprint density at radius 3 is 2.84 bits per heavy atom. The fourth-order valence-corrected chi connectivity index (χ4v) is 5.29. The number of hydrogen-bond acceptors (Lipinski definition) is 8. The SMILES string of the molecule is C=CCn1c(=O)c2cnc(Nc3cc(Cl)c4c(c3)CN(C)CC4)nc2n1-c1cccc(N=S(C)(C)=O)n1. The number of anilines is 2. The van der Waals surface area contributed by atoms with E-state index in [0.29, 0.717) is 33.6 Å². The second-order valence-corrected chi connectivity index (χ2v) is 12.2. The molecular weight excluding hydrogens is 512 g/mol. The molecule has 0 spiro atoms. The highest BCUT2D eigenvalue weighted by Gasteiger charge is 2.20. The van der Waals surface area contributed by atoms with Gasteiger partial charge in [-0.3, -0.25) is 4.79 Å². The van der Waals surface area contributed by atoms with Crippen LogP contribution in [0.5, 0.6) is 0 Å². The summed E-state index contributed by atoms with van der Waals surface area (Å²) in [6.45, 7) is 5.78. The van der Waals surface area contributed by atoms with Gasteiger partial charge < -0.3 is 10.2 Å². The largest absolute Gasteiger partial charge is 0.324 e. The van der Waals surface area contributed by atoms with Gasteiger partial charge in [0.15, 0.2) is 17.3 Å². The molecule has 12 heteroatoms. The molecule has 4 heterocycles. The molecule has 0 saturated carbocycles. The van der Waals surface area contributed by atoms with Gasteiger partial charge in [-0.25, -0.2) is 23.5 Å². The standard InChI is InChI=1S/C25H27ClN8O2S/c1-5-10-33-24(35)19-14-27-25(28-17-12-16-15-32(2)11-9-18(16)20(26)13-17)30-23(19)34(33)22-8-6-7-21(29-22)31-37(3,4)36/h5-8,12-14H,1,9-11,15H2,2-4H3,(H,27,28,30). The Hall–Kier alpha value is -3.54. The normalized spacial score (nSPS) is 13.9. The van der Waals surface area contributed by atoms with Crippen molar-refractivity contribution in [2.24, 2.45) is 4.36 Å². The van der Waals surface area contributed by atoms with Crippen LogP contribution in [0.15, 0.2) is 58.3 Å². The second kappa shape index (κ2) is 9.73. The van der Waals surface area contributed by atoms with Crippen molar-refractivity contribution in [1.82, 2.24) is 29.2 Å². The lowest BCUT2D eigenvalue weighted by Crippen LogP contribution is -2.26. The fraction of sp³-hybridized carbons (Fsp3) is 0.280. The number of fused-ring (bicyclic) bond motifs is 2. The van der Waals surface area contributed by atoms with E-state index in [2.05, 4.69) is 49.2 Å². The number of aromatic nitrogens is 5. The zero-order chi connectivity index (χ0) is 26.3. The van der Waals surface area contributed by atoms with Gasteiger partial charge in [0.2, 0.25) is 5.95 Å².